The summed E-state index contributed by atoms with van der Waals surface area (Å²) in [5, 5.41) is 13.0. The number of aliphatic hydroxyl groups excluding tert-OH is 1. The number of rotatable bonds is 8. The number of anilines is 1. The number of hydrogen-bond donors (Lipinski definition) is 2. The van der Waals surface area contributed by atoms with E-state index in [2.05, 4.69) is 20.3 Å². The van der Waals surface area contributed by atoms with Crippen molar-refractivity contribution in [3.05, 3.63) is 114 Å². The smallest absolute Gasteiger partial charge is 0.257 e. The SMILES string of the molecule is O=C(Nc1cccc([C@H]2O[C@@H](CSc3ncccn3)C[C@@H](c3ccc(CO)cc3)O2)c1)c1cccnc1. The largest absolute Gasteiger partial charge is 0.392 e. The average molecular weight is 515 g/mol. The number of hydrogen-bond acceptors (Lipinski definition) is 8. The van der Waals surface area contributed by atoms with Gasteiger partial charge in [-0.15, -0.1) is 0 Å². The van der Waals surface area contributed by atoms with E-state index >= 15 is 0 Å². The molecule has 5 rings (SSSR count). The minimum Gasteiger partial charge on any atom is -0.392 e. The first-order valence-electron chi connectivity index (χ1n) is 11.9. The number of aromatic nitrogens is 3. The van der Waals surface area contributed by atoms with Crippen molar-refractivity contribution in [2.24, 2.45) is 0 Å². The van der Waals surface area contributed by atoms with Gasteiger partial charge in [0.1, 0.15) is 0 Å². The molecule has 2 N–H and O–H groups in total. The molecule has 0 saturated carbocycles. The van der Waals surface area contributed by atoms with Crippen LogP contribution < -0.4 is 5.32 Å². The monoisotopic (exact) mass is 514 g/mol. The van der Waals surface area contributed by atoms with Crippen LogP contribution in [0.1, 0.15) is 45.9 Å². The molecule has 8 nitrogen and oxygen atoms in total. The minimum absolute atomic E-state index is 0.00850. The van der Waals surface area contributed by atoms with Gasteiger partial charge in [0.25, 0.3) is 5.91 Å². The van der Waals surface area contributed by atoms with Crippen LogP contribution in [0.2, 0.25) is 0 Å². The maximum atomic E-state index is 12.6. The first kappa shape index (κ1) is 25.0. The third-order valence-corrected chi connectivity index (χ3v) is 6.90. The van der Waals surface area contributed by atoms with Crippen molar-refractivity contribution in [2.45, 2.75) is 36.7 Å². The molecule has 1 aliphatic heterocycles. The minimum atomic E-state index is -0.631. The Morgan fingerprint density at radius 3 is 2.57 bits per heavy atom. The van der Waals surface area contributed by atoms with Gasteiger partial charge < -0.3 is 19.9 Å². The lowest BCUT2D eigenvalue weighted by molar-refractivity contribution is -0.245. The maximum absolute atomic E-state index is 12.6. The molecule has 3 heterocycles. The fourth-order valence-corrected chi connectivity index (χ4v) is 4.83. The lowest BCUT2D eigenvalue weighted by Gasteiger charge is -2.36. The van der Waals surface area contributed by atoms with Crippen molar-refractivity contribution >= 4 is 23.4 Å². The van der Waals surface area contributed by atoms with Gasteiger partial charge in [0.05, 0.1) is 24.4 Å². The van der Waals surface area contributed by atoms with Crippen molar-refractivity contribution in [3.63, 3.8) is 0 Å². The topological polar surface area (TPSA) is 106 Å². The molecule has 4 aromatic rings. The van der Waals surface area contributed by atoms with Gasteiger partial charge in [0, 0.05) is 48.2 Å². The number of amides is 1. The zero-order valence-electron chi connectivity index (χ0n) is 19.9. The van der Waals surface area contributed by atoms with E-state index in [1.165, 1.54) is 18.0 Å². The first-order chi connectivity index (χ1) is 18.2. The van der Waals surface area contributed by atoms with Crippen LogP contribution in [-0.2, 0) is 16.1 Å². The molecule has 1 saturated heterocycles. The van der Waals surface area contributed by atoms with Crippen LogP contribution in [0.15, 0.2) is 96.7 Å². The quantitative estimate of drug-likeness (QED) is 0.251. The summed E-state index contributed by atoms with van der Waals surface area (Å²) in [6.45, 7) is -0.00850. The Morgan fingerprint density at radius 2 is 1.81 bits per heavy atom. The number of nitrogens with one attached hydrogen (secondary N) is 1. The average Bonchev–Trinajstić information content (AvgIpc) is 2.97. The van der Waals surface area contributed by atoms with Crippen LogP contribution in [0.3, 0.4) is 0 Å². The highest BCUT2D eigenvalue weighted by molar-refractivity contribution is 7.99. The second-order valence-corrected chi connectivity index (χ2v) is 9.50. The fraction of sp³-hybridized carbons (Fsp3) is 0.214. The molecule has 3 atom stereocenters. The Balaban J connectivity index is 1.35. The summed E-state index contributed by atoms with van der Waals surface area (Å²) in [6, 6.07) is 20.5. The van der Waals surface area contributed by atoms with Crippen LogP contribution in [0.4, 0.5) is 5.69 Å². The number of nitrogens with zero attached hydrogens (tertiary/aromatic N) is 3. The molecule has 0 aliphatic carbocycles. The fourth-order valence-electron chi connectivity index (χ4n) is 4.01. The Bertz CT molecular complexity index is 1310. The number of carbonyl (C=O) groups excluding carboxylic acids is 1. The van der Waals surface area contributed by atoms with Crippen molar-refractivity contribution in [2.75, 3.05) is 11.1 Å². The predicted octanol–water partition coefficient (Wildman–Crippen LogP) is 4.95. The number of pyridine rings is 1. The number of aliphatic hydroxyl groups is 1. The summed E-state index contributed by atoms with van der Waals surface area (Å²) in [5.74, 6) is 0.418. The molecule has 37 heavy (non-hydrogen) atoms. The molecule has 0 unspecified atom stereocenters. The first-order valence-corrected chi connectivity index (χ1v) is 12.9. The number of ether oxygens (including phenoxy) is 2. The lowest BCUT2D eigenvalue weighted by Crippen LogP contribution is -2.31. The second kappa shape index (κ2) is 12.1. The van der Waals surface area contributed by atoms with Gasteiger partial charge in [0.2, 0.25) is 0 Å². The summed E-state index contributed by atoms with van der Waals surface area (Å²) in [7, 11) is 0. The van der Waals surface area contributed by atoms with Gasteiger partial charge in [-0.05, 0) is 41.5 Å². The number of benzene rings is 2. The van der Waals surface area contributed by atoms with Crippen LogP contribution in [0.25, 0.3) is 0 Å². The van der Waals surface area contributed by atoms with Gasteiger partial charge in [-0.3, -0.25) is 9.78 Å². The maximum Gasteiger partial charge on any atom is 0.257 e. The standard InChI is InChI=1S/C28H26N4O4S/c33-17-19-7-9-20(10-8-19)25-15-24(18-37-28-30-12-3-13-31-28)35-27(36-25)21-4-1-6-23(14-21)32-26(34)22-5-2-11-29-16-22/h1-14,16,24-25,27,33H,15,17-18H2,(H,32,34)/t24-,25+,27+/m1/s1. The van der Waals surface area contributed by atoms with E-state index in [9.17, 15) is 9.90 Å². The molecule has 0 radical (unpaired) electrons. The van der Waals surface area contributed by atoms with Crippen LogP contribution in [0.5, 0.6) is 0 Å². The molecule has 188 valence electrons. The van der Waals surface area contributed by atoms with E-state index in [0.717, 1.165) is 16.7 Å². The van der Waals surface area contributed by atoms with Gasteiger partial charge >= 0.3 is 0 Å². The molecule has 0 spiro atoms. The summed E-state index contributed by atoms with van der Waals surface area (Å²) >= 11 is 1.54. The van der Waals surface area contributed by atoms with Gasteiger partial charge in [0.15, 0.2) is 11.4 Å². The van der Waals surface area contributed by atoms with Crippen LogP contribution in [0, 0.1) is 0 Å². The zero-order valence-corrected chi connectivity index (χ0v) is 20.8. The van der Waals surface area contributed by atoms with Crippen LogP contribution >= 0.6 is 11.8 Å². The second-order valence-electron chi connectivity index (χ2n) is 8.51. The summed E-state index contributed by atoms with van der Waals surface area (Å²) in [5.41, 5.74) is 3.77. The van der Waals surface area contributed by atoms with Gasteiger partial charge in [-0.1, -0.05) is 48.2 Å². The van der Waals surface area contributed by atoms with Crippen molar-refractivity contribution in [1.29, 1.82) is 0 Å². The van der Waals surface area contributed by atoms with E-state index in [-0.39, 0.29) is 24.7 Å². The van der Waals surface area contributed by atoms with Gasteiger partial charge in [-0.25, -0.2) is 9.97 Å². The van der Waals surface area contributed by atoms with E-state index in [0.29, 0.717) is 28.6 Å². The molecule has 1 fully saturated rings. The van der Waals surface area contributed by atoms with Crippen molar-refractivity contribution in [3.8, 4) is 0 Å². The number of carbonyl (C=O) groups is 1. The molecular formula is C28H26N4O4S. The molecule has 2 aromatic carbocycles. The van der Waals surface area contributed by atoms with Crippen LogP contribution in [-0.4, -0.2) is 37.8 Å². The highest BCUT2D eigenvalue weighted by Gasteiger charge is 2.32. The van der Waals surface area contributed by atoms with Crippen molar-refractivity contribution in [1.82, 2.24) is 15.0 Å². The van der Waals surface area contributed by atoms with E-state index in [1.54, 1.807) is 36.8 Å². The normalized spacial score (nSPS) is 19.3. The third-order valence-electron chi connectivity index (χ3n) is 5.90. The molecular weight excluding hydrogens is 488 g/mol. The van der Waals surface area contributed by atoms with E-state index in [1.807, 2.05) is 48.5 Å². The lowest BCUT2D eigenvalue weighted by atomic mass is 10.0. The van der Waals surface area contributed by atoms with Gasteiger partial charge in [-0.2, -0.15) is 0 Å². The van der Waals surface area contributed by atoms with E-state index in [4.69, 9.17) is 9.47 Å². The Labute approximate surface area is 219 Å². The summed E-state index contributed by atoms with van der Waals surface area (Å²) in [6.07, 6.45) is 6.30. The molecule has 9 heteroatoms. The molecule has 1 amide bonds. The number of thioether (sulfide) groups is 1. The Morgan fingerprint density at radius 1 is 0.973 bits per heavy atom. The summed E-state index contributed by atoms with van der Waals surface area (Å²) < 4.78 is 12.8. The third kappa shape index (κ3) is 6.58. The predicted molar refractivity (Wildman–Crippen MR) is 140 cm³/mol. The molecule has 1 aliphatic rings. The highest BCUT2D eigenvalue weighted by atomic mass is 32.2. The van der Waals surface area contributed by atoms with Crippen molar-refractivity contribution < 1.29 is 19.4 Å². The highest BCUT2D eigenvalue weighted by Crippen LogP contribution is 2.39. The molecule has 0 bridgehead atoms. The Kier molecular flexibility index (Phi) is 8.17. The van der Waals surface area contributed by atoms with E-state index < -0.39 is 6.29 Å². The Hall–Kier alpha value is -3.63. The summed E-state index contributed by atoms with van der Waals surface area (Å²) in [4.78, 5) is 25.2. The zero-order chi connectivity index (χ0) is 25.5. The molecule has 2 aromatic heterocycles.